The second-order valence-corrected chi connectivity index (χ2v) is 6.13. The molecule has 0 bridgehead atoms. The Morgan fingerprint density at radius 2 is 2.36 bits per heavy atom. The Labute approximate surface area is 132 Å². The van der Waals surface area contributed by atoms with Gasteiger partial charge in [-0.15, -0.1) is 0 Å². The standard InChI is InChI=1S/C16H27N5O/c1-12(2)8-19-16(17)20-10-14-4-5-15(18-9-14)21-6-7-22-13(3)11-21/h4-5,9,12-13H,6-8,10-11H2,1-3H3,(H3,17,19,20). The van der Waals surface area contributed by atoms with Gasteiger partial charge in [-0.2, -0.15) is 0 Å². The molecule has 0 aliphatic carbocycles. The van der Waals surface area contributed by atoms with E-state index in [1.165, 1.54) is 0 Å². The zero-order valence-corrected chi connectivity index (χ0v) is 13.7. The number of aromatic nitrogens is 1. The minimum Gasteiger partial charge on any atom is -0.375 e. The van der Waals surface area contributed by atoms with Crippen LogP contribution in [-0.4, -0.2) is 43.3 Å². The third-order valence-electron chi connectivity index (χ3n) is 3.50. The summed E-state index contributed by atoms with van der Waals surface area (Å²) < 4.78 is 5.55. The summed E-state index contributed by atoms with van der Waals surface area (Å²) in [5.41, 5.74) is 6.88. The van der Waals surface area contributed by atoms with Gasteiger partial charge in [0.05, 0.1) is 19.3 Å². The van der Waals surface area contributed by atoms with E-state index in [1.54, 1.807) is 0 Å². The second kappa shape index (κ2) is 7.98. The highest BCUT2D eigenvalue weighted by molar-refractivity contribution is 5.77. The minimum atomic E-state index is 0.256. The van der Waals surface area contributed by atoms with Crippen molar-refractivity contribution in [2.75, 3.05) is 31.1 Å². The lowest BCUT2D eigenvalue weighted by Crippen LogP contribution is -2.41. The number of morpholine rings is 1. The molecule has 0 radical (unpaired) electrons. The smallest absolute Gasteiger partial charge is 0.188 e. The van der Waals surface area contributed by atoms with Gasteiger partial charge < -0.3 is 20.7 Å². The summed E-state index contributed by atoms with van der Waals surface area (Å²) in [5.74, 6) is 2.03. The maximum Gasteiger partial charge on any atom is 0.188 e. The number of nitrogens with two attached hydrogens (primary N) is 1. The van der Waals surface area contributed by atoms with E-state index < -0.39 is 0 Å². The third-order valence-corrected chi connectivity index (χ3v) is 3.50. The van der Waals surface area contributed by atoms with Crippen LogP contribution < -0.4 is 16.0 Å². The molecule has 0 aromatic carbocycles. The number of nitrogens with one attached hydrogen (secondary N) is 1. The molecule has 1 aromatic rings. The lowest BCUT2D eigenvalue weighted by Gasteiger charge is -2.32. The van der Waals surface area contributed by atoms with E-state index in [4.69, 9.17) is 10.5 Å². The predicted molar refractivity (Wildman–Crippen MR) is 90.0 cm³/mol. The number of anilines is 1. The molecule has 1 atom stereocenters. The summed E-state index contributed by atoms with van der Waals surface area (Å²) in [6.07, 6.45) is 2.13. The van der Waals surface area contributed by atoms with Crippen molar-refractivity contribution in [1.29, 1.82) is 0 Å². The van der Waals surface area contributed by atoms with E-state index in [1.807, 2.05) is 12.3 Å². The first-order valence-electron chi connectivity index (χ1n) is 7.90. The average molecular weight is 305 g/mol. The first-order chi connectivity index (χ1) is 10.5. The molecule has 122 valence electrons. The maximum absolute atomic E-state index is 5.83. The Morgan fingerprint density at radius 1 is 1.55 bits per heavy atom. The molecule has 6 heteroatoms. The number of pyridine rings is 1. The summed E-state index contributed by atoms with van der Waals surface area (Å²) >= 11 is 0. The Bertz CT molecular complexity index is 486. The largest absolute Gasteiger partial charge is 0.375 e. The zero-order valence-electron chi connectivity index (χ0n) is 13.7. The lowest BCUT2D eigenvalue weighted by molar-refractivity contribution is 0.0529. The van der Waals surface area contributed by atoms with Crippen molar-refractivity contribution in [3.8, 4) is 0 Å². The van der Waals surface area contributed by atoms with Gasteiger partial charge in [0.25, 0.3) is 0 Å². The van der Waals surface area contributed by atoms with E-state index in [9.17, 15) is 0 Å². The van der Waals surface area contributed by atoms with Gasteiger partial charge >= 0.3 is 0 Å². The normalized spacial score (nSPS) is 19.5. The minimum absolute atomic E-state index is 0.256. The lowest BCUT2D eigenvalue weighted by atomic mass is 10.2. The summed E-state index contributed by atoms with van der Waals surface area (Å²) in [6, 6.07) is 4.10. The Balaban J connectivity index is 1.87. The van der Waals surface area contributed by atoms with Crippen LogP contribution in [0.2, 0.25) is 0 Å². The van der Waals surface area contributed by atoms with Gasteiger partial charge in [0.15, 0.2) is 5.96 Å². The van der Waals surface area contributed by atoms with Crippen LogP contribution in [-0.2, 0) is 11.3 Å². The molecule has 1 aromatic heterocycles. The van der Waals surface area contributed by atoms with Crippen LogP contribution in [0.3, 0.4) is 0 Å². The zero-order chi connectivity index (χ0) is 15.9. The first-order valence-corrected chi connectivity index (χ1v) is 7.90. The molecular weight excluding hydrogens is 278 g/mol. The molecule has 22 heavy (non-hydrogen) atoms. The van der Waals surface area contributed by atoms with Crippen molar-refractivity contribution in [2.24, 2.45) is 16.6 Å². The topological polar surface area (TPSA) is 75.8 Å². The van der Waals surface area contributed by atoms with Crippen molar-refractivity contribution in [3.63, 3.8) is 0 Å². The number of hydrogen-bond donors (Lipinski definition) is 2. The van der Waals surface area contributed by atoms with Crippen LogP contribution >= 0.6 is 0 Å². The molecule has 6 nitrogen and oxygen atoms in total. The highest BCUT2D eigenvalue weighted by Gasteiger charge is 2.17. The summed E-state index contributed by atoms with van der Waals surface area (Å²) in [4.78, 5) is 11.1. The van der Waals surface area contributed by atoms with Crippen molar-refractivity contribution >= 4 is 11.8 Å². The summed E-state index contributed by atoms with van der Waals surface area (Å²) in [6.45, 7) is 10.3. The van der Waals surface area contributed by atoms with Gasteiger partial charge in [-0.3, -0.25) is 0 Å². The van der Waals surface area contributed by atoms with Crippen molar-refractivity contribution in [2.45, 2.75) is 33.4 Å². The molecule has 0 amide bonds. The average Bonchev–Trinajstić information content (AvgIpc) is 2.51. The number of aliphatic imine (C=N–C) groups is 1. The maximum atomic E-state index is 5.83. The monoisotopic (exact) mass is 305 g/mol. The number of rotatable bonds is 5. The van der Waals surface area contributed by atoms with Gasteiger partial charge in [0, 0.05) is 25.8 Å². The van der Waals surface area contributed by atoms with Gasteiger partial charge in [0.2, 0.25) is 0 Å². The molecule has 0 spiro atoms. The number of hydrogen-bond acceptors (Lipinski definition) is 4. The predicted octanol–water partition coefficient (Wildman–Crippen LogP) is 1.37. The number of nitrogens with zero attached hydrogens (tertiary/aromatic N) is 3. The highest BCUT2D eigenvalue weighted by Crippen LogP contribution is 2.15. The van der Waals surface area contributed by atoms with Crippen LogP contribution in [0.5, 0.6) is 0 Å². The molecule has 2 heterocycles. The van der Waals surface area contributed by atoms with Crippen LogP contribution in [0.15, 0.2) is 23.3 Å². The van der Waals surface area contributed by atoms with Crippen molar-refractivity contribution in [1.82, 2.24) is 10.3 Å². The molecule has 1 saturated heterocycles. The first kappa shape index (κ1) is 16.5. The van der Waals surface area contributed by atoms with Gasteiger partial charge in [-0.1, -0.05) is 19.9 Å². The molecule has 1 unspecified atom stereocenters. The fourth-order valence-corrected chi connectivity index (χ4v) is 2.26. The van der Waals surface area contributed by atoms with Gasteiger partial charge in [-0.05, 0) is 24.5 Å². The molecule has 0 saturated carbocycles. The van der Waals surface area contributed by atoms with E-state index in [0.29, 0.717) is 18.4 Å². The van der Waals surface area contributed by atoms with Gasteiger partial charge in [0.1, 0.15) is 5.82 Å². The fraction of sp³-hybridized carbons (Fsp3) is 0.625. The molecular formula is C16H27N5O. The molecule has 2 rings (SSSR count). The molecule has 1 aliphatic heterocycles. The van der Waals surface area contributed by atoms with E-state index in [0.717, 1.165) is 37.6 Å². The Morgan fingerprint density at radius 3 is 3.00 bits per heavy atom. The van der Waals surface area contributed by atoms with Crippen molar-refractivity contribution in [3.05, 3.63) is 23.9 Å². The van der Waals surface area contributed by atoms with Crippen LogP contribution in [0.1, 0.15) is 26.3 Å². The molecule has 1 aliphatic rings. The quantitative estimate of drug-likeness (QED) is 0.635. The SMILES string of the molecule is CC(C)CNC(N)=NCc1ccc(N2CCOC(C)C2)nc1. The van der Waals surface area contributed by atoms with Crippen molar-refractivity contribution < 1.29 is 4.74 Å². The van der Waals surface area contributed by atoms with Gasteiger partial charge in [-0.25, -0.2) is 9.98 Å². The van der Waals surface area contributed by atoms with Crippen LogP contribution in [0.4, 0.5) is 5.82 Å². The highest BCUT2D eigenvalue weighted by atomic mass is 16.5. The Hall–Kier alpha value is -1.82. The molecule has 1 fully saturated rings. The second-order valence-electron chi connectivity index (χ2n) is 6.13. The van der Waals surface area contributed by atoms with Crippen LogP contribution in [0, 0.1) is 5.92 Å². The van der Waals surface area contributed by atoms with E-state index in [-0.39, 0.29) is 6.10 Å². The van der Waals surface area contributed by atoms with Crippen LogP contribution in [0.25, 0.3) is 0 Å². The number of ether oxygens (including phenoxy) is 1. The summed E-state index contributed by atoms with van der Waals surface area (Å²) in [5, 5.41) is 3.11. The fourth-order valence-electron chi connectivity index (χ4n) is 2.26. The molecule has 3 N–H and O–H groups in total. The Kier molecular flexibility index (Phi) is 6.00. The third kappa shape index (κ3) is 5.18. The van der Waals surface area contributed by atoms with E-state index >= 15 is 0 Å². The summed E-state index contributed by atoms with van der Waals surface area (Å²) in [7, 11) is 0. The number of guanidine groups is 1. The van der Waals surface area contributed by atoms with E-state index in [2.05, 4.69) is 47.0 Å².